The molecule has 3 aromatic carbocycles. The van der Waals surface area contributed by atoms with Gasteiger partial charge in [0.05, 0.1) is 32.4 Å². The molecule has 0 saturated heterocycles. The third kappa shape index (κ3) is 5.25. The summed E-state index contributed by atoms with van der Waals surface area (Å²) in [6.45, 7) is 2.71. The smallest absolute Gasteiger partial charge is 0.224 e. The predicted octanol–water partition coefficient (Wildman–Crippen LogP) is 4.33. The molecule has 0 aliphatic carbocycles. The fourth-order valence-corrected chi connectivity index (χ4v) is 4.34. The highest BCUT2D eigenvalue weighted by atomic mass is 16.5. The Bertz CT molecular complexity index is 1160. The lowest BCUT2D eigenvalue weighted by atomic mass is 9.89. The Labute approximate surface area is 195 Å². The van der Waals surface area contributed by atoms with Crippen LogP contribution >= 0.6 is 0 Å². The molecule has 0 bridgehead atoms. The molecule has 5 nitrogen and oxygen atoms in total. The number of ether oxygens (including phenoxy) is 2. The monoisotopic (exact) mass is 442 g/mol. The van der Waals surface area contributed by atoms with Gasteiger partial charge in [-0.25, -0.2) is 0 Å². The molecule has 0 saturated carbocycles. The van der Waals surface area contributed by atoms with Crippen molar-refractivity contribution in [3.63, 3.8) is 0 Å². The van der Waals surface area contributed by atoms with Crippen molar-refractivity contribution in [2.75, 3.05) is 20.8 Å². The lowest BCUT2D eigenvalue weighted by Crippen LogP contribution is -2.44. The summed E-state index contributed by atoms with van der Waals surface area (Å²) >= 11 is 0. The van der Waals surface area contributed by atoms with Gasteiger partial charge < -0.3 is 14.8 Å². The van der Waals surface area contributed by atoms with E-state index in [9.17, 15) is 4.79 Å². The first kappa shape index (κ1) is 22.6. The van der Waals surface area contributed by atoms with Crippen LogP contribution in [0.3, 0.4) is 0 Å². The van der Waals surface area contributed by atoms with Gasteiger partial charge in [-0.1, -0.05) is 54.6 Å². The summed E-state index contributed by atoms with van der Waals surface area (Å²) in [7, 11) is 3.28. The second-order valence-electron chi connectivity index (χ2n) is 8.29. The highest BCUT2D eigenvalue weighted by molar-refractivity contribution is 6.08. The molecule has 33 heavy (non-hydrogen) atoms. The van der Waals surface area contributed by atoms with Crippen LogP contribution in [0.2, 0.25) is 0 Å². The van der Waals surface area contributed by atoms with E-state index in [0.717, 1.165) is 39.9 Å². The normalized spacial score (nSPS) is 13.5. The van der Waals surface area contributed by atoms with Gasteiger partial charge in [-0.05, 0) is 54.2 Å². The van der Waals surface area contributed by atoms with Gasteiger partial charge in [-0.2, -0.15) is 0 Å². The third-order valence-electron chi connectivity index (χ3n) is 6.11. The number of methoxy groups -OCH3 is 2. The maximum Gasteiger partial charge on any atom is 0.224 e. The van der Waals surface area contributed by atoms with Crippen molar-refractivity contribution in [2.45, 2.75) is 32.2 Å². The van der Waals surface area contributed by atoms with Gasteiger partial charge in [0, 0.05) is 12.1 Å². The zero-order chi connectivity index (χ0) is 23.2. The van der Waals surface area contributed by atoms with Crippen LogP contribution in [0.1, 0.15) is 27.8 Å². The van der Waals surface area contributed by atoms with Gasteiger partial charge >= 0.3 is 0 Å². The molecule has 5 heteroatoms. The van der Waals surface area contributed by atoms with Gasteiger partial charge in [-0.3, -0.25) is 9.79 Å². The summed E-state index contributed by atoms with van der Waals surface area (Å²) in [4.78, 5) is 18.0. The van der Waals surface area contributed by atoms with E-state index in [1.54, 1.807) is 14.2 Å². The molecule has 4 rings (SSSR count). The van der Waals surface area contributed by atoms with Crippen LogP contribution in [0, 0.1) is 6.92 Å². The highest BCUT2D eigenvalue weighted by Gasteiger charge is 2.26. The van der Waals surface area contributed by atoms with Gasteiger partial charge in [0.2, 0.25) is 5.91 Å². The van der Waals surface area contributed by atoms with Crippen molar-refractivity contribution in [3.8, 4) is 11.5 Å². The van der Waals surface area contributed by atoms with E-state index in [1.165, 1.54) is 0 Å². The molecule has 1 heterocycles. The van der Waals surface area contributed by atoms with E-state index in [2.05, 4.69) is 17.4 Å². The van der Waals surface area contributed by atoms with E-state index in [-0.39, 0.29) is 11.9 Å². The summed E-state index contributed by atoms with van der Waals surface area (Å²) in [5, 5.41) is 3.28. The zero-order valence-electron chi connectivity index (χ0n) is 19.4. The maximum atomic E-state index is 13.1. The second-order valence-corrected chi connectivity index (χ2v) is 8.29. The molecule has 170 valence electrons. The second kappa shape index (κ2) is 10.3. The molecule has 1 aliphatic rings. The molecular formula is C28H30N2O3. The summed E-state index contributed by atoms with van der Waals surface area (Å²) in [5.74, 6) is 1.36. The van der Waals surface area contributed by atoms with Crippen LogP contribution in [0.15, 0.2) is 71.7 Å². The van der Waals surface area contributed by atoms with Crippen LogP contribution < -0.4 is 14.8 Å². The van der Waals surface area contributed by atoms with Crippen molar-refractivity contribution in [3.05, 3.63) is 94.5 Å². The molecule has 0 aromatic heterocycles. The third-order valence-corrected chi connectivity index (χ3v) is 6.11. The van der Waals surface area contributed by atoms with E-state index in [4.69, 9.17) is 14.5 Å². The Morgan fingerprint density at radius 2 is 1.70 bits per heavy atom. The maximum absolute atomic E-state index is 13.1. The van der Waals surface area contributed by atoms with Crippen molar-refractivity contribution in [1.29, 1.82) is 0 Å². The number of carbonyl (C=O) groups excluding carboxylic acids is 1. The number of aliphatic imine (C=N–C) groups is 1. The number of amides is 1. The minimum absolute atomic E-state index is 0.0134. The van der Waals surface area contributed by atoms with Crippen molar-refractivity contribution >= 4 is 11.6 Å². The predicted molar refractivity (Wildman–Crippen MR) is 132 cm³/mol. The molecule has 0 spiro atoms. The fraction of sp³-hybridized carbons (Fsp3) is 0.286. The van der Waals surface area contributed by atoms with Gasteiger partial charge in [-0.15, -0.1) is 0 Å². The molecule has 0 radical (unpaired) electrons. The number of rotatable bonds is 8. The molecule has 0 unspecified atom stereocenters. The molecule has 1 atom stereocenters. The zero-order valence-corrected chi connectivity index (χ0v) is 19.4. The number of carbonyl (C=O) groups is 1. The summed E-state index contributed by atoms with van der Waals surface area (Å²) in [6, 6.07) is 22.0. The molecule has 1 aliphatic heterocycles. The van der Waals surface area contributed by atoms with E-state index >= 15 is 0 Å². The van der Waals surface area contributed by atoms with E-state index in [1.807, 2.05) is 61.5 Å². The molecule has 3 aromatic rings. The van der Waals surface area contributed by atoms with Gasteiger partial charge in [0.25, 0.3) is 0 Å². The number of benzene rings is 3. The first-order valence-corrected chi connectivity index (χ1v) is 11.3. The standard InChI is InChI=1S/C28H30N2O3/c1-19-9-7-8-12-21(19)17-27(31)30-24(15-20-10-5-4-6-11-20)28-23-18-26(33-3)25(32-2)16-22(23)13-14-29-28/h4-12,16,18,24H,13-15,17H2,1-3H3,(H,30,31)/t24-/m0/s1. The lowest BCUT2D eigenvalue weighted by Gasteiger charge is -2.27. The van der Waals surface area contributed by atoms with E-state index in [0.29, 0.717) is 30.9 Å². The molecule has 1 amide bonds. The molecular weight excluding hydrogens is 412 g/mol. The van der Waals surface area contributed by atoms with Gasteiger partial charge in [0.15, 0.2) is 11.5 Å². The number of hydrogen-bond donors (Lipinski definition) is 1. The Balaban J connectivity index is 1.66. The van der Waals surface area contributed by atoms with Crippen LogP contribution in [0.25, 0.3) is 0 Å². The van der Waals surface area contributed by atoms with Crippen LogP contribution in [-0.2, 0) is 24.1 Å². The average Bonchev–Trinajstić information content (AvgIpc) is 2.84. The number of nitrogens with one attached hydrogen (secondary N) is 1. The van der Waals surface area contributed by atoms with Crippen LogP contribution in [-0.4, -0.2) is 38.4 Å². The molecule has 0 fully saturated rings. The Morgan fingerprint density at radius 3 is 2.42 bits per heavy atom. The largest absolute Gasteiger partial charge is 0.493 e. The lowest BCUT2D eigenvalue weighted by molar-refractivity contribution is -0.120. The van der Waals surface area contributed by atoms with Crippen molar-refractivity contribution < 1.29 is 14.3 Å². The van der Waals surface area contributed by atoms with Crippen LogP contribution in [0.4, 0.5) is 0 Å². The minimum atomic E-state index is -0.249. The van der Waals surface area contributed by atoms with E-state index < -0.39 is 0 Å². The quantitative estimate of drug-likeness (QED) is 0.565. The number of nitrogens with zero attached hydrogens (tertiary/aromatic N) is 1. The number of fused-ring (bicyclic) bond motifs is 1. The van der Waals surface area contributed by atoms with Crippen LogP contribution in [0.5, 0.6) is 11.5 Å². The summed E-state index contributed by atoms with van der Waals surface area (Å²) in [6.07, 6.45) is 1.82. The van der Waals surface area contributed by atoms with Crippen molar-refractivity contribution in [2.24, 2.45) is 4.99 Å². The summed E-state index contributed by atoms with van der Waals surface area (Å²) < 4.78 is 11.1. The fourth-order valence-electron chi connectivity index (χ4n) is 4.34. The SMILES string of the molecule is COc1cc2c(cc1OC)C([C@H](Cc1ccccc1)NC(=O)Cc1ccccc1C)=NCC2. The minimum Gasteiger partial charge on any atom is -0.493 e. The Morgan fingerprint density at radius 1 is 1.00 bits per heavy atom. The van der Waals surface area contributed by atoms with Gasteiger partial charge in [0.1, 0.15) is 0 Å². The topological polar surface area (TPSA) is 59.9 Å². The Hall–Kier alpha value is -3.60. The average molecular weight is 443 g/mol. The Kier molecular flexibility index (Phi) is 7.08. The highest BCUT2D eigenvalue weighted by Crippen LogP contribution is 2.33. The van der Waals surface area contributed by atoms with Crippen molar-refractivity contribution in [1.82, 2.24) is 5.32 Å². The first-order chi connectivity index (χ1) is 16.1. The first-order valence-electron chi connectivity index (χ1n) is 11.3. The number of aryl methyl sites for hydroxylation is 1. The molecule has 1 N–H and O–H groups in total. The summed E-state index contributed by atoms with van der Waals surface area (Å²) in [5.41, 5.74) is 6.35. The number of hydrogen-bond acceptors (Lipinski definition) is 4.